The van der Waals surface area contributed by atoms with Crippen LogP contribution >= 0.6 is 0 Å². The fourth-order valence-corrected chi connectivity index (χ4v) is 1.84. The van der Waals surface area contributed by atoms with Crippen LogP contribution in [-0.4, -0.2) is 5.87 Å². The minimum Gasteiger partial charge on any atom is -0.259 e. The van der Waals surface area contributed by atoms with E-state index in [0.717, 1.165) is 5.56 Å². The van der Waals surface area contributed by atoms with Gasteiger partial charge in [0.2, 0.25) is 0 Å². The second-order valence-electron chi connectivity index (χ2n) is 3.41. The van der Waals surface area contributed by atoms with Gasteiger partial charge < -0.3 is 0 Å². The average molecular weight is 193 g/mol. The summed E-state index contributed by atoms with van der Waals surface area (Å²) in [5.41, 5.74) is 0.220. The minimum absolute atomic E-state index is 0.272. The monoisotopic (exact) mass is 193 g/mol. The zero-order valence-electron chi connectivity index (χ0n) is 7.86. The molecule has 1 unspecified atom stereocenters. The Bertz CT molecular complexity index is 510. The lowest BCUT2D eigenvalue weighted by molar-refractivity contribution is 0.852. The maximum atomic E-state index is 8.97. The first kappa shape index (κ1) is 9.21. The second-order valence-corrected chi connectivity index (χ2v) is 3.41. The molecule has 1 aromatic carbocycles. The molecule has 3 heteroatoms. The van der Waals surface area contributed by atoms with Crippen molar-refractivity contribution in [3.63, 3.8) is 0 Å². The third-order valence-electron chi connectivity index (χ3n) is 2.68. The van der Waals surface area contributed by atoms with Gasteiger partial charge in [-0.05, 0) is 11.4 Å². The van der Waals surface area contributed by atoms with E-state index in [1.807, 2.05) is 42.5 Å². The van der Waals surface area contributed by atoms with Gasteiger partial charge in [-0.1, -0.05) is 30.3 Å². The molecule has 0 bridgehead atoms. The number of nitrogens with zero attached hydrogens (tertiary/aromatic N) is 2. The number of hydrogen-bond donors (Lipinski definition) is 1. The van der Waals surface area contributed by atoms with Crippen LogP contribution in [0.5, 0.6) is 0 Å². The van der Waals surface area contributed by atoms with Crippen LogP contribution in [0, 0.1) is 33.5 Å². The number of allylic oxidation sites excluding steroid dienone is 1. The SMILES string of the molecule is N#CC1(C#N)C(=C=N)C1c1ccccc1. The van der Waals surface area contributed by atoms with Crippen molar-refractivity contribution >= 4 is 5.87 Å². The summed E-state index contributed by atoms with van der Waals surface area (Å²) in [6.07, 6.45) is 0. The summed E-state index contributed by atoms with van der Waals surface area (Å²) < 4.78 is 0. The van der Waals surface area contributed by atoms with Crippen LogP contribution in [0.1, 0.15) is 11.5 Å². The molecule has 0 radical (unpaired) electrons. The van der Waals surface area contributed by atoms with Crippen molar-refractivity contribution in [3.05, 3.63) is 41.5 Å². The van der Waals surface area contributed by atoms with E-state index in [9.17, 15) is 0 Å². The van der Waals surface area contributed by atoms with Crippen molar-refractivity contribution in [2.24, 2.45) is 5.41 Å². The molecule has 1 saturated carbocycles. The lowest BCUT2D eigenvalue weighted by Crippen LogP contribution is -1.95. The van der Waals surface area contributed by atoms with Gasteiger partial charge in [-0.3, -0.25) is 5.41 Å². The molecule has 1 aliphatic carbocycles. The van der Waals surface area contributed by atoms with Crippen LogP contribution in [0.3, 0.4) is 0 Å². The van der Waals surface area contributed by atoms with Crippen molar-refractivity contribution in [1.29, 1.82) is 15.9 Å². The highest BCUT2D eigenvalue weighted by atomic mass is 14.6. The summed E-state index contributed by atoms with van der Waals surface area (Å²) in [6.45, 7) is 0. The molecule has 0 heterocycles. The van der Waals surface area contributed by atoms with Crippen LogP contribution in [-0.2, 0) is 0 Å². The quantitative estimate of drug-likeness (QED) is 0.693. The molecule has 0 saturated heterocycles. The molecule has 1 N–H and O–H groups in total. The van der Waals surface area contributed by atoms with Gasteiger partial charge in [0.05, 0.1) is 18.1 Å². The van der Waals surface area contributed by atoms with Crippen molar-refractivity contribution in [2.45, 2.75) is 5.92 Å². The van der Waals surface area contributed by atoms with Gasteiger partial charge in [0.25, 0.3) is 0 Å². The van der Waals surface area contributed by atoms with Gasteiger partial charge in [0, 0.05) is 5.57 Å². The molecule has 2 rings (SSSR count). The lowest BCUT2D eigenvalue weighted by atomic mass is 10.0. The Balaban J connectivity index is 2.50. The number of rotatable bonds is 1. The highest BCUT2D eigenvalue weighted by Gasteiger charge is 2.63. The Morgan fingerprint density at radius 2 is 1.73 bits per heavy atom. The summed E-state index contributed by atoms with van der Waals surface area (Å²) >= 11 is 0. The Labute approximate surface area is 87.4 Å². The molecule has 15 heavy (non-hydrogen) atoms. The van der Waals surface area contributed by atoms with Gasteiger partial charge in [-0.25, -0.2) is 0 Å². The topological polar surface area (TPSA) is 71.4 Å². The molecule has 1 aromatic rings. The largest absolute Gasteiger partial charge is 0.259 e. The molecule has 0 spiro atoms. The van der Waals surface area contributed by atoms with Crippen molar-refractivity contribution in [1.82, 2.24) is 0 Å². The number of nitriles is 2. The fraction of sp³-hybridized carbons (Fsp3) is 0.167. The van der Waals surface area contributed by atoms with Gasteiger partial charge in [-0.2, -0.15) is 10.5 Å². The second kappa shape index (κ2) is 3.10. The first-order valence-corrected chi connectivity index (χ1v) is 4.47. The Kier molecular flexibility index (Phi) is 1.90. The van der Waals surface area contributed by atoms with Crippen molar-refractivity contribution in [3.8, 4) is 12.1 Å². The van der Waals surface area contributed by atoms with Gasteiger partial charge in [0.15, 0.2) is 5.41 Å². The van der Waals surface area contributed by atoms with Gasteiger partial charge in [-0.15, -0.1) is 0 Å². The smallest absolute Gasteiger partial charge is 0.185 e. The molecule has 70 valence electrons. The molecule has 1 atom stereocenters. The van der Waals surface area contributed by atoms with Crippen molar-refractivity contribution < 1.29 is 0 Å². The summed E-state index contributed by atoms with van der Waals surface area (Å²) in [5, 5.41) is 25.0. The molecule has 0 aliphatic heterocycles. The highest BCUT2D eigenvalue weighted by molar-refractivity contribution is 5.77. The van der Waals surface area contributed by atoms with E-state index in [-0.39, 0.29) is 5.92 Å². The standard InChI is InChI=1S/C12H7N3/c13-6-10-11(12(10,7-14)8-15)9-4-2-1-3-5-9/h1-5,11,13H. The van der Waals surface area contributed by atoms with Crippen LogP contribution in [0.2, 0.25) is 0 Å². The normalized spacial score (nSPS) is 20.9. The first-order valence-electron chi connectivity index (χ1n) is 4.47. The zero-order chi connectivity index (χ0) is 10.9. The molecule has 0 aromatic heterocycles. The van der Waals surface area contributed by atoms with Gasteiger partial charge in [0.1, 0.15) is 0 Å². The molecule has 3 nitrogen and oxygen atoms in total. The molecule has 0 amide bonds. The summed E-state index contributed by atoms with van der Waals surface area (Å²) in [5.74, 6) is 1.93. The highest BCUT2D eigenvalue weighted by Crippen LogP contribution is 2.62. The summed E-state index contributed by atoms with van der Waals surface area (Å²) in [4.78, 5) is 0. The number of benzene rings is 1. The van der Waals surface area contributed by atoms with Gasteiger partial charge >= 0.3 is 0 Å². The average Bonchev–Trinajstić information content (AvgIpc) is 2.98. The van der Waals surface area contributed by atoms with E-state index < -0.39 is 5.41 Å². The molecule has 1 fully saturated rings. The number of hydrogen-bond acceptors (Lipinski definition) is 3. The maximum Gasteiger partial charge on any atom is 0.185 e. The van der Waals surface area contributed by atoms with Crippen LogP contribution in [0.15, 0.2) is 35.9 Å². The fourth-order valence-electron chi connectivity index (χ4n) is 1.84. The number of nitrogens with one attached hydrogen (secondary N) is 1. The first-order chi connectivity index (χ1) is 7.30. The third kappa shape index (κ3) is 1.08. The van der Waals surface area contributed by atoms with E-state index >= 15 is 0 Å². The van der Waals surface area contributed by atoms with E-state index in [1.54, 1.807) is 0 Å². The summed E-state index contributed by atoms with van der Waals surface area (Å²) in [6, 6.07) is 13.2. The van der Waals surface area contributed by atoms with E-state index in [1.165, 1.54) is 0 Å². The van der Waals surface area contributed by atoms with Crippen LogP contribution in [0.25, 0.3) is 0 Å². The molecule has 1 aliphatic rings. The summed E-state index contributed by atoms with van der Waals surface area (Å²) in [7, 11) is 0. The Morgan fingerprint density at radius 1 is 1.13 bits per heavy atom. The van der Waals surface area contributed by atoms with E-state index in [0.29, 0.717) is 5.57 Å². The zero-order valence-corrected chi connectivity index (χ0v) is 7.86. The lowest BCUT2D eigenvalue weighted by Gasteiger charge is -1.96. The molecular formula is C12H7N3. The van der Waals surface area contributed by atoms with E-state index in [4.69, 9.17) is 15.9 Å². The third-order valence-corrected chi connectivity index (χ3v) is 2.68. The molecular weight excluding hydrogens is 186 g/mol. The van der Waals surface area contributed by atoms with Crippen molar-refractivity contribution in [2.75, 3.05) is 0 Å². The predicted octanol–water partition coefficient (Wildman–Crippen LogP) is 1.99. The Morgan fingerprint density at radius 3 is 2.13 bits per heavy atom. The van der Waals surface area contributed by atoms with Crippen LogP contribution in [0.4, 0.5) is 0 Å². The minimum atomic E-state index is -1.15. The maximum absolute atomic E-state index is 8.97. The van der Waals surface area contributed by atoms with E-state index in [2.05, 4.69) is 5.87 Å². The Hall–Kier alpha value is -2.35. The van der Waals surface area contributed by atoms with Crippen LogP contribution < -0.4 is 0 Å². The predicted molar refractivity (Wildman–Crippen MR) is 54.1 cm³/mol.